The number of Topliss-reactive ketones (excluding diaryl/α,β-unsaturated/α-hetero) is 1. The van der Waals surface area contributed by atoms with E-state index in [0.29, 0.717) is 33.0 Å². The molecule has 0 amide bonds. The highest BCUT2D eigenvalue weighted by Gasteiger charge is 2.26. The van der Waals surface area contributed by atoms with E-state index >= 15 is 0 Å². The van der Waals surface area contributed by atoms with E-state index in [2.05, 4.69) is 25.5 Å². The predicted molar refractivity (Wildman–Crippen MR) is 140 cm³/mol. The Morgan fingerprint density at radius 3 is 2.00 bits per heavy atom. The van der Waals surface area contributed by atoms with Crippen LogP contribution in [0.15, 0.2) is 12.0 Å². The molecule has 0 aliphatic carbocycles. The largest absolute Gasteiger partial charge is 0.487 e. The SMILES string of the molecule is CC.CC.CC.CC(=O)CCC(SNC1=COC1COCCOCCN)C(=O)O.CC(C)C. The monoisotopic (exact) mass is 496 g/mol. The maximum absolute atomic E-state index is 11.1. The van der Waals surface area contributed by atoms with Crippen LogP contribution in [0.3, 0.4) is 0 Å². The molecule has 1 heterocycles. The van der Waals surface area contributed by atoms with Crippen molar-refractivity contribution in [3.8, 4) is 0 Å². The zero-order valence-electron chi connectivity index (χ0n) is 22.7. The van der Waals surface area contributed by atoms with Crippen LogP contribution in [0.2, 0.25) is 0 Å². The molecule has 200 valence electrons. The maximum Gasteiger partial charge on any atom is 0.318 e. The first-order valence-corrected chi connectivity index (χ1v) is 13.0. The average Bonchev–Trinajstić information content (AvgIpc) is 2.78. The second-order valence-corrected chi connectivity index (χ2v) is 7.70. The van der Waals surface area contributed by atoms with Gasteiger partial charge in [-0.1, -0.05) is 62.3 Å². The van der Waals surface area contributed by atoms with Crippen molar-refractivity contribution in [2.24, 2.45) is 11.7 Å². The standard InChI is InChI=1S/C14H24N2O6S.C4H10.3C2H6/c1-10(17)2-3-13(14(18)19)23-16-11-8-22-12(11)9-21-7-6-20-5-4-15;1-4(2)3;3*1-2/h8,12-13,16H,2-7,9,15H2,1H3,(H,18,19);4H,1-3H3;3*1-2H3. The first kappa shape index (κ1) is 38.9. The Labute approximate surface area is 207 Å². The summed E-state index contributed by atoms with van der Waals surface area (Å²) in [6, 6.07) is 0. The Morgan fingerprint density at radius 2 is 1.61 bits per heavy atom. The van der Waals surface area contributed by atoms with Crippen LogP contribution in [-0.2, 0) is 23.8 Å². The fourth-order valence-electron chi connectivity index (χ4n) is 1.65. The van der Waals surface area contributed by atoms with Crippen molar-refractivity contribution in [1.82, 2.24) is 4.72 Å². The van der Waals surface area contributed by atoms with Crippen LogP contribution in [0, 0.1) is 5.92 Å². The smallest absolute Gasteiger partial charge is 0.318 e. The Bertz CT molecular complexity index is 459. The van der Waals surface area contributed by atoms with E-state index in [9.17, 15) is 9.59 Å². The summed E-state index contributed by atoms with van der Waals surface area (Å²) in [5.74, 6) is -0.138. The Hall–Kier alpha value is -1.29. The lowest BCUT2D eigenvalue weighted by Crippen LogP contribution is -2.35. The molecule has 1 rings (SSSR count). The van der Waals surface area contributed by atoms with Gasteiger partial charge in [0.1, 0.15) is 17.3 Å². The van der Waals surface area contributed by atoms with Crippen molar-refractivity contribution in [3.05, 3.63) is 12.0 Å². The number of carbonyl (C=O) groups excluding carboxylic acids is 1. The molecule has 0 saturated carbocycles. The topological polar surface area (TPSA) is 120 Å². The molecule has 9 heteroatoms. The second kappa shape index (κ2) is 30.7. The summed E-state index contributed by atoms with van der Waals surface area (Å²) in [4.78, 5) is 22.1. The lowest BCUT2D eigenvalue weighted by molar-refractivity contribution is -0.136. The number of hydrogen-bond acceptors (Lipinski definition) is 8. The quantitative estimate of drug-likeness (QED) is 0.225. The third-order valence-electron chi connectivity index (χ3n) is 2.96. The van der Waals surface area contributed by atoms with Crippen molar-refractivity contribution in [2.45, 2.75) is 93.4 Å². The van der Waals surface area contributed by atoms with E-state index in [4.69, 9.17) is 25.1 Å². The molecule has 2 unspecified atom stereocenters. The minimum atomic E-state index is -0.950. The molecule has 0 aromatic heterocycles. The minimum absolute atomic E-state index is 0.0221. The number of aliphatic carboxylic acids is 1. The summed E-state index contributed by atoms with van der Waals surface area (Å²) in [6.45, 7) is 22.2. The van der Waals surface area contributed by atoms with Gasteiger partial charge in [0.15, 0.2) is 6.10 Å². The Kier molecular flexibility index (Phi) is 36.2. The predicted octanol–water partition coefficient (Wildman–Crippen LogP) is 5.02. The van der Waals surface area contributed by atoms with Crippen LogP contribution in [0.25, 0.3) is 0 Å². The van der Waals surface area contributed by atoms with E-state index in [0.717, 1.165) is 23.6 Å². The highest BCUT2D eigenvalue weighted by Crippen LogP contribution is 2.22. The van der Waals surface area contributed by atoms with Crippen LogP contribution >= 0.6 is 11.9 Å². The molecular formula is C24H52N2O6S. The number of hydrogen-bond donors (Lipinski definition) is 3. The van der Waals surface area contributed by atoms with E-state index < -0.39 is 11.2 Å². The summed E-state index contributed by atoms with van der Waals surface area (Å²) >= 11 is 1.07. The summed E-state index contributed by atoms with van der Waals surface area (Å²) in [7, 11) is 0. The van der Waals surface area contributed by atoms with Crippen LogP contribution in [0.4, 0.5) is 0 Å². The molecule has 0 bridgehead atoms. The number of carboxylic acids is 1. The number of carboxylic acid groups (broad SMARTS) is 1. The summed E-state index contributed by atoms with van der Waals surface area (Å²) < 4.78 is 18.8. The molecule has 0 spiro atoms. The van der Waals surface area contributed by atoms with Crippen molar-refractivity contribution in [2.75, 3.05) is 33.0 Å². The number of rotatable bonds is 14. The Balaban J connectivity index is -0.000000363. The summed E-state index contributed by atoms with van der Waals surface area (Å²) in [5.41, 5.74) is 6.06. The molecule has 1 aliphatic rings. The number of carbonyl (C=O) groups is 2. The average molecular weight is 497 g/mol. The van der Waals surface area contributed by atoms with Crippen LogP contribution in [0.1, 0.15) is 82.1 Å². The van der Waals surface area contributed by atoms with Gasteiger partial charge in [-0.05, 0) is 31.2 Å². The van der Waals surface area contributed by atoms with Gasteiger partial charge in [-0.2, -0.15) is 0 Å². The maximum atomic E-state index is 11.1. The first-order valence-electron chi connectivity index (χ1n) is 12.1. The summed E-state index contributed by atoms with van der Waals surface area (Å²) in [6.07, 6.45) is 1.82. The van der Waals surface area contributed by atoms with Gasteiger partial charge in [0.25, 0.3) is 0 Å². The van der Waals surface area contributed by atoms with E-state index in [1.165, 1.54) is 13.2 Å². The van der Waals surface area contributed by atoms with E-state index in [1.54, 1.807) is 0 Å². The van der Waals surface area contributed by atoms with Crippen LogP contribution in [0.5, 0.6) is 0 Å². The minimum Gasteiger partial charge on any atom is -0.487 e. The van der Waals surface area contributed by atoms with Gasteiger partial charge >= 0.3 is 5.97 Å². The fraction of sp³-hybridized carbons (Fsp3) is 0.833. The zero-order chi connectivity index (χ0) is 26.7. The van der Waals surface area contributed by atoms with Gasteiger partial charge in [-0.3, -0.25) is 4.79 Å². The van der Waals surface area contributed by atoms with Crippen molar-refractivity contribution >= 4 is 23.7 Å². The van der Waals surface area contributed by atoms with Crippen molar-refractivity contribution in [1.29, 1.82) is 0 Å². The molecule has 4 N–H and O–H groups in total. The van der Waals surface area contributed by atoms with Gasteiger partial charge in [-0.25, -0.2) is 0 Å². The second-order valence-electron chi connectivity index (χ2n) is 6.69. The fourth-order valence-corrected chi connectivity index (χ4v) is 2.45. The third kappa shape index (κ3) is 28.7. The summed E-state index contributed by atoms with van der Waals surface area (Å²) in [5, 5.41) is 8.44. The number of ketones is 1. The first-order chi connectivity index (χ1) is 15.8. The molecule has 0 radical (unpaired) electrons. The van der Waals surface area contributed by atoms with Crippen LogP contribution < -0.4 is 10.5 Å². The van der Waals surface area contributed by atoms with Crippen molar-refractivity contribution in [3.63, 3.8) is 0 Å². The van der Waals surface area contributed by atoms with Gasteiger partial charge in [-0.15, -0.1) is 0 Å². The molecule has 8 nitrogen and oxygen atoms in total. The lowest BCUT2D eigenvalue weighted by Gasteiger charge is -2.28. The molecule has 0 aromatic carbocycles. The molecule has 33 heavy (non-hydrogen) atoms. The highest BCUT2D eigenvalue weighted by molar-refractivity contribution is 7.98. The zero-order valence-corrected chi connectivity index (χ0v) is 23.5. The van der Waals surface area contributed by atoms with E-state index in [1.807, 2.05) is 41.5 Å². The molecule has 0 saturated heterocycles. The van der Waals surface area contributed by atoms with Crippen molar-refractivity contribution < 1.29 is 28.9 Å². The van der Waals surface area contributed by atoms with Gasteiger partial charge < -0.3 is 34.6 Å². The van der Waals surface area contributed by atoms with Gasteiger partial charge in [0.2, 0.25) is 0 Å². The Morgan fingerprint density at radius 1 is 1.09 bits per heavy atom. The normalized spacial score (nSPS) is 13.9. The molecular weight excluding hydrogens is 444 g/mol. The third-order valence-corrected chi connectivity index (χ3v) is 4.04. The molecule has 0 fully saturated rings. The van der Waals surface area contributed by atoms with E-state index in [-0.39, 0.29) is 24.7 Å². The number of nitrogens with two attached hydrogens (primary N) is 1. The molecule has 1 aliphatic heterocycles. The number of ether oxygens (including phenoxy) is 3. The number of nitrogens with one attached hydrogen (secondary N) is 1. The molecule has 0 aromatic rings. The lowest BCUT2D eigenvalue weighted by atomic mass is 10.2. The highest BCUT2D eigenvalue weighted by atomic mass is 32.2. The van der Waals surface area contributed by atoms with Gasteiger partial charge in [0, 0.05) is 13.0 Å². The van der Waals surface area contributed by atoms with Gasteiger partial charge in [0.05, 0.1) is 32.1 Å². The molecule has 2 atom stereocenters. The van der Waals surface area contributed by atoms with Crippen LogP contribution in [-0.4, -0.2) is 61.2 Å².